The molecule has 1 unspecified atom stereocenters. The maximum absolute atomic E-state index is 6.17. The summed E-state index contributed by atoms with van der Waals surface area (Å²) < 4.78 is 1.90. The van der Waals surface area contributed by atoms with Gasteiger partial charge in [0.1, 0.15) is 0 Å². The van der Waals surface area contributed by atoms with Crippen molar-refractivity contribution < 1.29 is 0 Å². The third-order valence-corrected chi connectivity index (χ3v) is 3.23. The lowest BCUT2D eigenvalue weighted by Gasteiger charge is -2.11. The number of nitrogens with two attached hydrogens (primary N) is 1. The highest BCUT2D eigenvalue weighted by molar-refractivity contribution is 7.07. The Balaban J connectivity index is 2.08. The first kappa shape index (κ1) is 11.3. The van der Waals surface area contributed by atoms with Gasteiger partial charge in [-0.1, -0.05) is 12.1 Å². The zero-order valence-corrected chi connectivity index (χ0v) is 10.2. The second-order valence-corrected chi connectivity index (χ2v) is 4.60. The number of aromatic nitrogens is 3. The predicted octanol–water partition coefficient (Wildman–Crippen LogP) is 1.99. The molecule has 2 heterocycles. The van der Waals surface area contributed by atoms with Crippen LogP contribution in [0.5, 0.6) is 0 Å². The van der Waals surface area contributed by atoms with Gasteiger partial charge in [-0.2, -0.15) is 11.3 Å². The van der Waals surface area contributed by atoms with Crippen molar-refractivity contribution in [3.05, 3.63) is 34.3 Å². The van der Waals surface area contributed by atoms with Crippen molar-refractivity contribution in [2.75, 3.05) is 0 Å². The number of aryl methyl sites for hydroxylation is 1. The van der Waals surface area contributed by atoms with Gasteiger partial charge in [-0.3, -0.25) is 0 Å². The molecule has 0 saturated heterocycles. The van der Waals surface area contributed by atoms with Crippen molar-refractivity contribution in [2.45, 2.75) is 32.4 Å². The topological polar surface area (TPSA) is 56.7 Å². The maximum atomic E-state index is 6.17. The number of rotatable bonds is 5. The molecule has 0 amide bonds. The van der Waals surface area contributed by atoms with Crippen LogP contribution in [0, 0.1) is 0 Å². The van der Waals surface area contributed by atoms with Crippen LogP contribution in [0.15, 0.2) is 23.0 Å². The lowest BCUT2D eigenvalue weighted by molar-refractivity contribution is 0.526. The van der Waals surface area contributed by atoms with E-state index in [1.807, 2.05) is 4.68 Å². The molecule has 0 aliphatic rings. The molecule has 0 aliphatic carbocycles. The second-order valence-electron chi connectivity index (χ2n) is 3.82. The van der Waals surface area contributed by atoms with E-state index in [9.17, 15) is 0 Å². The predicted molar refractivity (Wildman–Crippen MR) is 65.3 cm³/mol. The largest absolute Gasteiger partial charge is 0.322 e. The van der Waals surface area contributed by atoms with Crippen molar-refractivity contribution in [2.24, 2.45) is 5.73 Å². The summed E-state index contributed by atoms with van der Waals surface area (Å²) in [4.78, 5) is 0. The lowest BCUT2D eigenvalue weighted by atomic mass is 10.1. The van der Waals surface area contributed by atoms with Gasteiger partial charge in [0.25, 0.3) is 0 Å². The summed E-state index contributed by atoms with van der Waals surface area (Å²) in [7, 11) is 0. The molecule has 0 saturated carbocycles. The summed E-state index contributed by atoms with van der Waals surface area (Å²) in [6, 6.07) is 2.09. The van der Waals surface area contributed by atoms with Crippen LogP contribution in [0.4, 0.5) is 0 Å². The Bertz CT molecular complexity index is 421. The van der Waals surface area contributed by atoms with E-state index in [4.69, 9.17) is 5.73 Å². The molecule has 2 aromatic heterocycles. The van der Waals surface area contributed by atoms with Gasteiger partial charge in [0.2, 0.25) is 0 Å². The summed E-state index contributed by atoms with van der Waals surface area (Å²) >= 11 is 1.70. The van der Waals surface area contributed by atoms with Gasteiger partial charge in [-0.25, -0.2) is 4.68 Å². The van der Waals surface area contributed by atoms with E-state index in [2.05, 4.69) is 34.1 Å². The van der Waals surface area contributed by atoms with E-state index in [0.29, 0.717) is 0 Å². The highest BCUT2D eigenvalue weighted by Gasteiger charge is 2.13. The second kappa shape index (κ2) is 5.23. The number of thiophene rings is 1. The molecule has 0 aromatic carbocycles. The van der Waals surface area contributed by atoms with Gasteiger partial charge in [0.05, 0.1) is 17.9 Å². The fraction of sp³-hybridized carbons (Fsp3) is 0.455. The first-order valence-corrected chi connectivity index (χ1v) is 6.40. The SMILES string of the molecule is CCCn1nncc1C(N)Cc1ccsc1. The van der Waals surface area contributed by atoms with E-state index in [1.54, 1.807) is 17.5 Å². The van der Waals surface area contributed by atoms with Gasteiger partial charge in [-0.05, 0) is 35.2 Å². The monoisotopic (exact) mass is 236 g/mol. The maximum Gasteiger partial charge on any atom is 0.0757 e. The van der Waals surface area contributed by atoms with Gasteiger partial charge in [0, 0.05) is 6.54 Å². The molecule has 5 heteroatoms. The fourth-order valence-electron chi connectivity index (χ4n) is 1.71. The summed E-state index contributed by atoms with van der Waals surface area (Å²) in [5, 5.41) is 12.2. The molecule has 86 valence electrons. The van der Waals surface area contributed by atoms with Crippen molar-refractivity contribution in [1.29, 1.82) is 0 Å². The summed E-state index contributed by atoms with van der Waals surface area (Å²) in [5.41, 5.74) is 8.47. The van der Waals surface area contributed by atoms with Crippen LogP contribution >= 0.6 is 11.3 Å². The minimum atomic E-state index is -0.0175. The van der Waals surface area contributed by atoms with Gasteiger partial charge in [0.15, 0.2) is 0 Å². The average Bonchev–Trinajstić information content (AvgIpc) is 2.89. The van der Waals surface area contributed by atoms with Gasteiger partial charge >= 0.3 is 0 Å². The van der Waals surface area contributed by atoms with E-state index in [1.165, 1.54) is 5.56 Å². The number of hydrogen-bond acceptors (Lipinski definition) is 4. The molecule has 2 aromatic rings. The first-order valence-electron chi connectivity index (χ1n) is 5.46. The van der Waals surface area contributed by atoms with Crippen molar-refractivity contribution >= 4 is 11.3 Å². The fourth-order valence-corrected chi connectivity index (χ4v) is 2.39. The van der Waals surface area contributed by atoms with E-state index < -0.39 is 0 Å². The molecular weight excluding hydrogens is 220 g/mol. The Morgan fingerprint density at radius 3 is 3.12 bits per heavy atom. The molecule has 16 heavy (non-hydrogen) atoms. The smallest absolute Gasteiger partial charge is 0.0757 e. The number of hydrogen-bond donors (Lipinski definition) is 1. The van der Waals surface area contributed by atoms with Crippen LogP contribution in [0.1, 0.15) is 30.6 Å². The Kier molecular flexibility index (Phi) is 3.69. The third kappa shape index (κ3) is 2.48. The van der Waals surface area contributed by atoms with Crippen LogP contribution in [-0.2, 0) is 13.0 Å². The highest BCUT2D eigenvalue weighted by atomic mass is 32.1. The van der Waals surface area contributed by atoms with Crippen molar-refractivity contribution in [1.82, 2.24) is 15.0 Å². The Morgan fingerprint density at radius 1 is 1.56 bits per heavy atom. The summed E-state index contributed by atoms with van der Waals surface area (Å²) in [5.74, 6) is 0. The Morgan fingerprint density at radius 2 is 2.44 bits per heavy atom. The van der Waals surface area contributed by atoms with Crippen LogP contribution in [-0.4, -0.2) is 15.0 Å². The van der Waals surface area contributed by atoms with Crippen molar-refractivity contribution in [3.8, 4) is 0 Å². The van der Waals surface area contributed by atoms with Crippen LogP contribution in [0.3, 0.4) is 0 Å². The quantitative estimate of drug-likeness (QED) is 0.863. The lowest BCUT2D eigenvalue weighted by Crippen LogP contribution is -2.18. The number of nitrogens with zero attached hydrogens (tertiary/aromatic N) is 3. The summed E-state index contributed by atoms with van der Waals surface area (Å²) in [6.45, 7) is 3.00. The van der Waals surface area contributed by atoms with Gasteiger partial charge in [-0.15, -0.1) is 5.10 Å². The minimum absolute atomic E-state index is 0.0175. The van der Waals surface area contributed by atoms with Crippen LogP contribution in [0.2, 0.25) is 0 Å². The Hall–Kier alpha value is -1.20. The minimum Gasteiger partial charge on any atom is -0.322 e. The van der Waals surface area contributed by atoms with E-state index in [0.717, 1.165) is 25.1 Å². The molecule has 0 aliphatic heterocycles. The molecule has 0 bridgehead atoms. The molecule has 0 spiro atoms. The van der Waals surface area contributed by atoms with Crippen LogP contribution in [0.25, 0.3) is 0 Å². The molecule has 2 N–H and O–H groups in total. The molecule has 1 atom stereocenters. The average molecular weight is 236 g/mol. The van der Waals surface area contributed by atoms with Gasteiger partial charge < -0.3 is 5.73 Å². The van der Waals surface area contributed by atoms with E-state index >= 15 is 0 Å². The first-order chi connectivity index (χ1) is 7.81. The zero-order valence-electron chi connectivity index (χ0n) is 9.34. The molecule has 4 nitrogen and oxygen atoms in total. The summed E-state index contributed by atoms with van der Waals surface area (Å²) in [6.07, 6.45) is 3.66. The van der Waals surface area contributed by atoms with Crippen molar-refractivity contribution in [3.63, 3.8) is 0 Å². The molecular formula is C11H16N4S. The molecule has 0 radical (unpaired) electrons. The van der Waals surface area contributed by atoms with E-state index in [-0.39, 0.29) is 6.04 Å². The zero-order chi connectivity index (χ0) is 11.4. The third-order valence-electron chi connectivity index (χ3n) is 2.50. The molecule has 2 rings (SSSR count). The normalized spacial score (nSPS) is 12.9. The standard InChI is InChI=1S/C11H16N4S/c1-2-4-15-11(7-13-14-15)10(12)6-9-3-5-16-8-9/h3,5,7-8,10H,2,4,6,12H2,1H3. The van der Waals surface area contributed by atoms with Crippen LogP contribution < -0.4 is 5.73 Å². The highest BCUT2D eigenvalue weighted by Crippen LogP contribution is 2.17. The molecule has 0 fully saturated rings. The Labute approximate surface area is 99.1 Å².